The molecule has 0 aliphatic heterocycles. The van der Waals surface area contributed by atoms with Crippen LogP contribution < -0.4 is 4.90 Å². The maximum absolute atomic E-state index is 13.4. The molecule has 3 nitrogen and oxygen atoms in total. The number of carbonyl (C=O) groups excluding carboxylic acids is 1. The van der Waals surface area contributed by atoms with Gasteiger partial charge in [0.05, 0.1) is 6.61 Å². The number of rotatable bonds is 5. The van der Waals surface area contributed by atoms with Crippen LogP contribution in [0.25, 0.3) is 0 Å². The maximum Gasteiger partial charge on any atom is 0.161 e. The monoisotopic (exact) mass is 239 g/mol. The van der Waals surface area contributed by atoms with Crippen LogP contribution in [-0.2, 0) is 4.74 Å². The van der Waals surface area contributed by atoms with E-state index in [1.165, 1.54) is 13.0 Å². The second-order valence-electron chi connectivity index (χ2n) is 4.09. The Bertz CT molecular complexity index is 418. The Morgan fingerprint density at radius 3 is 2.65 bits per heavy atom. The van der Waals surface area contributed by atoms with Crippen LogP contribution in [0, 0.1) is 12.7 Å². The number of benzene rings is 1. The van der Waals surface area contributed by atoms with E-state index in [1.807, 2.05) is 11.9 Å². The van der Waals surface area contributed by atoms with Crippen molar-refractivity contribution in [2.75, 3.05) is 32.2 Å². The van der Waals surface area contributed by atoms with E-state index in [2.05, 4.69) is 0 Å². The molecular weight excluding hydrogens is 221 g/mol. The molecule has 1 aromatic rings. The number of Topliss-reactive ketones (excluding diaryl/α,β-unsaturated/α-hetero) is 1. The smallest absolute Gasteiger partial charge is 0.161 e. The number of methoxy groups -OCH3 is 1. The standard InChI is InChI=1S/C13H18FNO2/c1-9-7-13(15(3)5-6-17-4)11(10(2)16)8-12(9)14/h7-8H,5-6H2,1-4H3. The van der Waals surface area contributed by atoms with Gasteiger partial charge in [0.15, 0.2) is 5.78 Å². The quantitative estimate of drug-likeness (QED) is 0.739. The topological polar surface area (TPSA) is 29.5 Å². The summed E-state index contributed by atoms with van der Waals surface area (Å²) in [5.74, 6) is -0.484. The molecule has 0 spiro atoms. The average molecular weight is 239 g/mol. The molecule has 0 atom stereocenters. The third-order valence-corrected chi connectivity index (χ3v) is 2.70. The van der Waals surface area contributed by atoms with E-state index >= 15 is 0 Å². The first-order valence-electron chi connectivity index (χ1n) is 5.48. The SMILES string of the molecule is COCCN(C)c1cc(C)c(F)cc1C(C)=O. The zero-order chi connectivity index (χ0) is 13.0. The molecule has 0 aliphatic carbocycles. The molecule has 0 heterocycles. The fourth-order valence-electron chi connectivity index (χ4n) is 1.61. The predicted molar refractivity (Wildman–Crippen MR) is 66.3 cm³/mol. The van der Waals surface area contributed by atoms with Crippen LogP contribution in [0.3, 0.4) is 0 Å². The van der Waals surface area contributed by atoms with Gasteiger partial charge in [0.2, 0.25) is 0 Å². The van der Waals surface area contributed by atoms with E-state index in [-0.39, 0.29) is 11.6 Å². The lowest BCUT2D eigenvalue weighted by molar-refractivity contribution is 0.101. The molecule has 1 rings (SSSR count). The number of halogens is 1. The van der Waals surface area contributed by atoms with Crippen molar-refractivity contribution in [3.05, 3.63) is 29.1 Å². The van der Waals surface area contributed by atoms with Gasteiger partial charge in [-0.15, -0.1) is 0 Å². The number of likely N-dealkylation sites (N-methyl/N-ethyl adjacent to an activating group) is 1. The molecule has 0 fully saturated rings. The number of aryl methyl sites for hydroxylation is 1. The third kappa shape index (κ3) is 3.27. The van der Waals surface area contributed by atoms with Gasteiger partial charge in [-0.3, -0.25) is 4.79 Å². The van der Waals surface area contributed by atoms with Crippen LogP contribution in [0.4, 0.5) is 10.1 Å². The van der Waals surface area contributed by atoms with Gasteiger partial charge < -0.3 is 9.64 Å². The highest BCUT2D eigenvalue weighted by Crippen LogP contribution is 2.24. The van der Waals surface area contributed by atoms with E-state index < -0.39 is 0 Å². The van der Waals surface area contributed by atoms with Crippen molar-refractivity contribution in [1.29, 1.82) is 0 Å². The minimum atomic E-state index is -0.348. The van der Waals surface area contributed by atoms with Gasteiger partial charge in [0.1, 0.15) is 5.82 Å². The summed E-state index contributed by atoms with van der Waals surface area (Å²) in [5.41, 5.74) is 1.69. The highest BCUT2D eigenvalue weighted by Gasteiger charge is 2.14. The Morgan fingerprint density at radius 2 is 2.12 bits per heavy atom. The summed E-state index contributed by atoms with van der Waals surface area (Å²) in [6.45, 7) is 4.34. The summed E-state index contributed by atoms with van der Waals surface area (Å²) in [5, 5.41) is 0. The van der Waals surface area contributed by atoms with E-state index in [0.717, 1.165) is 5.69 Å². The van der Waals surface area contributed by atoms with Gasteiger partial charge in [-0.25, -0.2) is 4.39 Å². The zero-order valence-corrected chi connectivity index (χ0v) is 10.7. The number of hydrogen-bond donors (Lipinski definition) is 0. The summed E-state index contributed by atoms with van der Waals surface area (Å²) in [7, 11) is 3.48. The highest BCUT2D eigenvalue weighted by molar-refractivity contribution is 5.99. The highest BCUT2D eigenvalue weighted by atomic mass is 19.1. The fourth-order valence-corrected chi connectivity index (χ4v) is 1.61. The van der Waals surface area contributed by atoms with Crippen LogP contribution >= 0.6 is 0 Å². The molecule has 17 heavy (non-hydrogen) atoms. The minimum Gasteiger partial charge on any atom is -0.383 e. The Labute approximate surface area is 101 Å². The van der Waals surface area contributed by atoms with Crippen LogP contribution in [0.15, 0.2) is 12.1 Å². The summed E-state index contributed by atoms with van der Waals surface area (Å²) in [6.07, 6.45) is 0. The fraction of sp³-hybridized carbons (Fsp3) is 0.462. The van der Waals surface area contributed by atoms with Crippen LogP contribution in [0.2, 0.25) is 0 Å². The molecule has 0 aromatic heterocycles. The molecule has 0 unspecified atom stereocenters. The first kappa shape index (κ1) is 13.6. The summed E-state index contributed by atoms with van der Waals surface area (Å²) in [6, 6.07) is 3.00. The Kier molecular flexibility index (Phi) is 4.63. The van der Waals surface area contributed by atoms with Gasteiger partial charge in [-0.05, 0) is 31.5 Å². The predicted octanol–water partition coefficient (Wildman–Crippen LogP) is 2.42. The van der Waals surface area contributed by atoms with Crippen molar-refractivity contribution in [2.45, 2.75) is 13.8 Å². The molecule has 4 heteroatoms. The lowest BCUT2D eigenvalue weighted by atomic mass is 10.1. The normalized spacial score (nSPS) is 10.4. The van der Waals surface area contributed by atoms with Gasteiger partial charge in [-0.1, -0.05) is 0 Å². The molecule has 0 N–H and O–H groups in total. The third-order valence-electron chi connectivity index (χ3n) is 2.70. The molecule has 0 saturated heterocycles. The van der Waals surface area contributed by atoms with E-state index in [0.29, 0.717) is 24.3 Å². The number of hydrogen-bond acceptors (Lipinski definition) is 3. The molecular formula is C13H18FNO2. The molecule has 0 aliphatic rings. The second-order valence-corrected chi connectivity index (χ2v) is 4.09. The average Bonchev–Trinajstić information content (AvgIpc) is 2.28. The van der Waals surface area contributed by atoms with Gasteiger partial charge in [0, 0.05) is 32.0 Å². The van der Waals surface area contributed by atoms with Crippen molar-refractivity contribution in [2.24, 2.45) is 0 Å². The molecule has 1 aromatic carbocycles. The number of anilines is 1. The molecule has 0 radical (unpaired) electrons. The molecule has 0 saturated carbocycles. The second kappa shape index (κ2) is 5.77. The van der Waals surface area contributed by atoms with Gasteiger partial charge in [-0.2, -0.15) is 0 Å². The summed E-state index contributed by atoms with van der Waals surface area (Å²) >= 11 is 0. The minimum absolute atomic E-state index is 0.136. The summed E-state index contributed by atoms with van der Waals surface area (Å²) in [4.78, 5) is 13.4. The number of ether oxygens (including phenoxy) is 1. The van der Waals surface area contributed by atoms with Crippen molar-refractivity contribution in [1.82, 2.24) is 0 Å². The lowest BCUT2D eigenvalue weighted by Crippen LogP contribution is -2.24. The zero-order valence-electron chi connectivity index (χ0n) is 10.7. The number of carbonyl (C=O) groups is 1. The van der Waals surface area contributed by atoms with Gasteiger partial charge in [0.25, 0.3) is 0 Å². The maximum atomic E-state index is 13.4. The van der Waals surface area contributed by atoms with Crippen molar-refractivity contribution in [3.63, 3.8) is 0 Å². The van der Waals surface area contributed by atoms with E-state index in [4.69, 9.17) is 4.74 Å². The van der Waals surface area contributed by atoms with Crippen LogP contribution in [0.1, 0.15) is 22.8 Å². The lowest BCUT2D eigenvalue weighted by Gasteiger charge is -2.22. The molecule has 0 amide bonds. The number of nitrogens with zero attached hydrogens (tertiary/aromatic N) is 1. The van der Waals surface area contributed by atoms with Crippen molar-refractivity contribution < 1.29 is 13.9 Å². The largest absolute Gasteiger partial charge is 0.383 e. The Balaban J connectivity index is 3.11. The van der Waals surface area contributed by atoms with Gasteiger partial charge >= 0.3 is 0 Å². The van der Waals surface area contributed by atoms with Crippen molar-refractivity contribution in [3.8, 4) is 0 Å². The first-order chi connectivity index (χ1) is 7.97. The first-order valence-corrected chi connectivity index (χ1v) is 5.48. The van der Waals surface area contributed by atoms with Crippen molar-refractivity contribution >= 4 is 11.5 Å². The number of ketones is 1. The Morgan fingerprint density at radius 1 is 1.47 bits per heavy atom. The van der Waals surface area contributed by atoms with Crippen LogP contribution in [-0.4, -0.2) is 33.1 Å². The van der Waals surface area contributed by atoms with E-state index in [9.17, 15) is 9.18 Å². The Hall–Kier alpha value is -1.42. The van der Waals surface area contributed by atoms with Crippen LogP contribution in [0.5, 0.6) is 0 Å². The summed E-state index contributed by atoms with van der Waals surface area (Å²) < 4.78 is 18.4. The van der Waals surface area contributed by atoms with E-state index in [1.54, 1.807) is 20.1 Å². The molecule has 0 bridgehead atoms. The molecule has 94 valence electrons.